The van der Waals surface area contributed by atoms with Crippen molar-refractivity contribution in [1.29, 1.82) is 0 Å². The van der Waals surface area contributed by atoms with Crippen molar-refractivity contribution in [2.45, 2.75) is 73.8 Å². The van der Waals surface area contributed by atoms with E-state index in [0.29, 0.717) is 17.6 Å². The second-order valence-electron chi connectivity index (χ2n) is 8.07. The third-order valence-electron chi connectivity index (χ3n) is 6.05. The fourth-order valence-electron chi connectivity index (χ4n) is 4.68. The van der Waals surface area contributed by atoms with Crippen molar-refractivity contribution in [3.05, 3.63) is 23.0 Å². The number of fused-ring (bicyclic) bond motifs is 1. The summed E-state index contributed by atoms with van der Waals surface area (Å²) in [7, 11) is 0. The molecule has 0 bridgehead atoms. The number of hydrogen-bond acceptors (Lipinski definition) is 4. The highest BCUT2D eigenvalue weighted by Crippen LogP contribution is 2.56. The molecule has 0 aromatic rings. The van der Waals surface area contributed by atoms with Crippen LogP contribution in [0.5, 0.6) is 0 Å². The van der Waals surface area contributed by atoms with Gasteiger partial charge in [-0.3, -0.25) is 9.59 Å². The zero-order chi connectivity index (χ0) is 18.9. The average Bonchev–Trinajstić information content (AvgIpc) is 2.50. The maximum absolute atomic E-state index is 11.7. The third-order valence-corrected chi connectivity index (χ3v) is 6.05. The first-order valence-electron chi connectivity index (χ1n) is 9.40. The molecule has 2 aliphatic carbocycles. The van der Waals surface area contributed by atoms with Gasteiger partial charge in [-0.15, -0.1) is 0 Å². The Morgan fingerprint density at radius 1 is 1.28 bits per heavy atom. The smallest absolute Gasteiger partial charge is 0.307 e. The molecular formula is C21H32O4. The summed E-state index contributed by atoms with van der Waals surface area (Å²) < 4.78 is 11.2. The van der Waals surface area contributed by atoms with Gasteiger partial charge in [0.2, 0.25) is 0 Å². The summed E-state index contributed by atoms with van der Waals surface area (Å²) in [5, 5.41) is 0. The SMILES string of the molecule is CCC1C(OC(C)=O)C(OC(C)=O)=C(C)C2=CC(C(C)C)CCC21C. The van der Waals surface area contributed by atoms with Crippen LogP contribution in [0.1, 0.15) is 67.7 Å². The number of hydrogen-bond donors (Lipinski definition) is 0. The van der Waals surface area contributed by atoms with Crippen LogP contribution in [0.4, 0.5) is 0 Å². The van der Waals surface area contributed by atoms with Gasteiger partial charge in [-0.25, -0.2) is 0 Å². The first-order valence-corrected chi connectivity index (χ1v) is 9.40. The third kappa shape index (κ3) is 3.68. The quantitative estimate of drug-likeness (QED) is 0.685. The van der Waals surface area contributed by atoms with Gasteiger partial charge < -0.3 is 9.47 Å². The topological polar surface area (TPSA) is 52.6 Å². The molecule has 4 atom stereocenters. The normalized spacial score (nSPS) is 32.2. The van der Waals surface area contributed by atoms with Gasteiger partial charge in [0, 0.05) is 19.8 Å². The summed E-state index contributed by atoms with van der Waals surface area (Å²) in [4.78, 5) is 23.4. The molecule has 140 valence electrons. The van der Waals surface area contributed by atoms with Gasteiger partial charge in [0.25, 0.3) is 0 Å². The Labute approximate surface area is 151 Å². The molecule has 2 aliphatic rings. The van der Waals surface area contributed by atoms with Crippen LogP contribution in [-0.4, -0.2) is 18.0 Å². The van der Waals surface area contributed by atoms with E-state index in [0.717, 1.165) is 24.8 Å². The molecular weight excluding hydrogens is 316 g/mol. The van der Waals surface area contributed by atoms with Gasteiger partial charge in [0.1, 0.15) is 0 Å². The number of ether oxygens (including phenoxy) is 2. The molecule has 0 aromatic carbocycles. The molecule has 4 nitrogen and oxygen atoms in total. The van der Waals surface area contributed by atoms with E-state index in [2.05, 4.69) is 33.8 Å². The van der Waals surface area contributed by atoms with E-state index in [1.807, 2.05) is 6.92 Å². The zero-order valence-corrected chi connectivity index (χ0v) is 16.6. The Morgan fingerprint density at radius 3 is 2.40 bits per heavy atom. The standard InChI is InChI=1S/C21H32O4/c1-8-17-20(25-15(6)23)19(24-14(5)22)13(4)18-11-16(12(2)3)9-10-21(17,18)7/h11-12,16-17,20H,8-10H2,1-7H3. The first-order chi connectivity index (χ1) is 11.6. The Morgan fingerprint density at radius 2 is 1.92 bits per heavy atom. The molecule has 4 unspecified atom stereocenters. The molecule has 0 saturated carbocycles. The van der Waals surface area contributed by atoms with E-state index in [4.69, 9.17) is 9.47 Å². The number of allylic oxidation sites excluding steroid dienone is 3. The minimum Gasteiger partial charge on any atom is -0.454 e. The minimum absolute atomic E-state index is 0.0615. The van der Waals surface area contributed by atoms with E-state index in [9.17, 15) is 9.59 Å². The Bertz CT molecular complexity index is 613. The molecule has 0 N–H and O–H groups in total. The summed E-state index contributed by atoms with van der Waals surface area (Å²) in [5.74, 6) is 1.01. The molecule has 0 saturated heterocycles. The summed E-state index contributed by atoms with van der Waals surface area (Å²) in [6.07, 6.45) is 4.93. The van der Waals surface area contributed by atoms with Crippen molar-refractivity contribution in [1.82, 2.24) is 0 Å². The molecule has 0 heterocycles. The van der Waals surface area contributed by atoms with Gasteiger partial charge in [-0.1, -0.05) is 33.8 Å². The Kier molecular flexibility index (Phi) is 5.80. The van der Waals surface area contributed by atoms with Crippen molar-refractivity contribution in [3.63, 3.8) is 0 Å². The molecule has 0 spiro atoms. The summed E-state index contributed by atoms with van der Waals surface area (Å²) in [5.41, 5.74) is 2.16. The minimum atomic E-state index is -0.496. The van der Waals surface area contributed by atoms with E-state index in [1.54, 1.807) is 0 Å². The predicted molar refractivity (Wildman–Crippen MR) is 97.6 cm³/mol. The van der Waals surface area contributed by atoms with E-state index in [1.165, 1.54) is 19.4 Å². The van der Waals surface area contributed by atoms with Gasteiger partial charge in [0.05, 0.1) is 0 Å². The van der Waals surface area contributed by atoms with Crippen LogP contribution in [0.2, 0.25) is 0 Å². The highest BCUT2D eigenvalue weighted by Gasteiger charge is 2.51. The molecule has 0 radical (unpaired) electrons. The fourth-order valence-corrected chi connectivity index (χ4v) is 4.68. The first kappa shape index (κ1) is 19.7. The molecule has 0 fully saturated rings. The predicted octanol–water partition coefficient (Wildman–Crippen LogP) is 4.79. The van der Waals surface area contributed by atoms with Crippen LogP contribution < -0.4 is 0 Å². The van der Waals surface area contributed by atoms with Crippen LogP contribution >= 0.6 is 0 Å². The molecule has 0 amide bonds. The van der Waals surface area contributed by atoms with Gasteiger partial charge in [-0.05, 0) is 54.6 Å². The maximum Gasteiger partial charge on any atom is 0.307 e. The molecule has 2 rings (SSSR count). The van der Waals surface area contributed by atoms with E-state index < -0.39 is 6.10 Å². The van der Waals surface area contributed by atoms with Crippen LogP contribution in [0.15, 0.2) is 23.0 Å². The second-order valence-corrected chi connectivity index (χ2v) is 8.07. The summed E-state index contributed by atoms with van der Waals surface area (Å²) in [6.45, 7) is 13.7. The monoisotopic (exact) mass is 348 g/mol. The number of esters is 2. The zero-order valence-electron chi connectivity index (χ0n) is 16.6. The van der Waals surface area contributed by atoms with Crippen molar-refractivity contribution < 1.29 is 19.1 Å². The van der Waals surface area contributed by atoms with Crippen molar-refractivity contribution in [2.75, 3.05) is 0 Å². The van der Waals surface area contributed by atoms with Crippen LogP contribution in [0.25, 0.3) is 0 Å². The lowest BCUT2D eigenvalue weighted by molar-refractivity contribution is -0.157. The second kappa shape index (κ2) is 7.35. The van der Waals surface area contributed by atoms with Crippen molar-refractivity contribution in [2.24, 2.45) is 23.2 Å². The van der Waals surface area contributed by atoms with Crippen molar-refractivity contribution >= 4 is 11.9 Å². The molecule has 4 heteroatoms. The molecule has 0 aliphatic heterocycles. The number of rotatable bonds is 4. The molecule has 25 heavy (non-hydrogen) atoms. The van der Waals surface area contributed by atoms with Gasteiger partial charge >= 0.3 is 11.9 Å². The fraction of sp³-hybridized carbons (Fsp3) is 0.714. The largest absolute Gasteiger partial charge is 0.454 e. The average molecular weight is 348 g/mol. The van der Waals surface area contributed by atoms with Crippen LogP contribution in [0.3, 0.4) is 0 Å². The summed E-state index contributed by atoms with van der Waals surface area (Å²) in [6, 6.07) is 0. The maximum atomic E-state index is 11.7. The Balaban J connectivity index is 2.63. The lowest BCUT2D eigenvalue weighted by Crippen LogP contribution is -2.47. The van der Waals surface area contributed by atoms with Crippen molar-refractivity contribution in [3.8, 4) is 0 Å². The lowest BCUT2D eigenvalue weighted by atomic mass is 9.56. The van der Waals surface area contributed by atoms with Crippen LogP contribution in [-0.2, 0) is 19.1 Å². The van der Waals surface area contributed by atoms with E-state index >= 15 is 0 Å². The lowest BCUT2D eigenvalue weighted by Gasteiger charge is -2.50. The van der Waals surface area contributed by atoms with E-state index in [-0.39, 0.29) is 23.3 Å². The molecule has 0 aromatic heterocycles. The Hall–Kier alpha value is -1.58. The highest BCUT2D eigenvalue weighted by atomic mass is 16.6. The van der Waals surface area contributed by atoms with Gasteiger partial charge in [0.15, 0.2) is 11.9 Å². The number of carbonyl (C=O) groups excluding carboxylic acids is 2. The van der Waals surface area contributed by atoms with Gasteiger partial charge in [-0.2, -0.15) is 0 Å². The summed E-state index contributed by atoms with van der Waals surface area (Å²) >= 11 is 0. The van der Waals surface area contributed by atoms with Crippen LogP contribution in [0, 0.1) is 23.2 Å². The number of carbonyl (C=O) groups is 2. The highest BCUT2D eigenvalue weighted by molar-refractivity contribution is 5.69.